The normalized spacial score (nSPS) is 11.2. The van der Waals surface area contributed by atoms with Crippen LogP contribution in [0.15, 0.2) is 6.33 Å². The van der Waals surface area contributed by atoms with Crippen molar-refractivity contribution < 1.29 is 13.2 Å². The van der Waals surface area contributed by atoms with E-state index in [1.165, 1.54) is 6.33 Å². The third-order valence-corrected chi connectivity index (χ3v) is 1.84. The molecule has 0 fully saturated rings. The number of hydrogen-bond donors (Lipinski definition) is 3. The van der Waals surface area contributed by atoms with Gasteiger partial charge >= 0.3 is 0 Å². The van der Waals surface area contributed by atoms with Gasteiger partial charge in [0.2, 0.25) is 21.9 Å². The third kappa shape index (κ3) is 3.96. The van der Waals surface area contributed by atoms with E-state index >= 15 is 0 Å². The molecule has 0 bridgehead atoms. The molecule has 0 atom stereocenters. The number of sulfonamides is 1. The molecule has 78 valence electrons. The molecular weight excluding hydrogens is 210 g/mol. The number of rotatable bonds is 4. The summed E-state index contributed by atoms with van der Waals surface area (Å²) in [5, 5.41) is 8.19. The maximum Gasteiger partial charge on any atom is 0.241 e. The summed E-state index contributed by atoms with van der Waals surface area (Å²) in [6, 6.07) is 0. The summed E-state index contributed by atoms with van der Waals surface area (Å²) in [6.07, 6.45) is 2.19. The second-order valence-electron chi connectivity index (χ2n) is 2.48. The molecule has 0 aliphatic rings. The highest BCUT2D eigenvalue weighted by molar-refractivity contribution is 7.88. The van der Waals surface area contributed by atoms with Gasteiger partial charge in [0.25, 0.3) is 0 Å². The van der Waals surface area contributed by atoms with E-state index in [1.807, 2.05) is 4.72 Å². The summed E-state index contributed by atoms with van der Waals surface area (Å²) in [5.41, 5.74) is 0. The van der Waals surface area contributed by atoms with Gasteiger partial charge in [-0.3, -0.25) is 10.1 Å². The smallest absolute Gasteiger partial charge is 0.241 e. The van der Waals surface area contributed by atoms with Crippen LogP contribution in [0.2, 0.25) is 0 Å². The van der Waals surface area contributed by atoms with Crippen LogP contribution < -0.4 is 10.0 Å². The molecule has 1 heterocycles. The van der Waals surface area contributed by atoms with Crippen LogP contribution in [-0.4, -0.2) is 42.3 Å². The summed E-state index contributed by atoms with van der Waals surface area (Å²) in [5.74, 6) is -0.350. The number of aromatic amines is 1. The Balaban J connectivity index is 2.38. The van der Waals surface area contributed by atoms with Crippen LogP contribution in [0, 0.1) is 0 Å². The van der Waals surface area contributed by atoms with Gasteiger partial charge in [0, 0.05) is 0 Å². The van der Waals surface area contributed by atoms with E-state index in [0.29, 0.717) is 0 Å². The average molecular weight is 219 g/mol. The Morgan fingerprint density at radius 1 is 1.64 bits per heavy atom. The molecular formula is C5H9N5O3S. The van der Waals surface area contributed by atoms with Crippen LogP contribution in [-0.2, 0) is 14.8 Å². The first kappa shape index (κ1) is 10.6. The molecule has 0 radical (unpaired) electrons. The number of carbonyl (C=O) groups is 1. The Morgan fingerprint density at radius 3 is 2.86 bits per heavy atom. The summed E-state index contributed by atoms with van der Waals surface area (Å²) >= 11 is 0. The number of hydrogen-bond acceptors (Lipinski definition) is 5. The number of aromatic nitrogens is 3. The largest absolute Gasteiger partial charge is 0.294 e. The first-order valence-electron chi connectivity index (χ1n) is 3.57. The van der Waals surface area contributed by atoms with Gasteiger partial charge in [-0.25, -0.2) is 18.2 Å². The Labute approximate surface area is 80.2 Å². The average Bonchev–Trinajstić information content (AvgIpc) is 2.52. The second kappa shape index (κ2) is 4.15. The van der Waals surface area contributed by atoms with E-state index in [0.717, 1.165) is 6.26 Å². The zero-order chi connectivity index (χ0) is 10.6. The van der Waals surface area contributed by atoms with Crippen molar-refractivity contribution in [3.05, 3.63) is 6.33 Å². The van der Waals surface area contributed by atoms with Crippen LogP contribution in [0.4, 0.5) is 5.95 Å². The summed E-state index contributed by atoms with van der Waals surface area (Å²) in [4.78, 5) is 14.7. The standard InChI is InChI=1S/C5H9N5O3S/c1-14(12,13)8-2-4(11)9-5-6-3-7-10-5/h3,8H,2H2,1H3,(H2,6,7,9,10,11). The highest BCUT2D eigenvalue weighted by atomic mass is 32.2. The first-order chi connectivity index (χ1) is 6.47. The number of nitrogens with one attached hydrogen (secondary N) is 3. The van der Waals surface area contributed by atoms with Crippen molar-refractivity contribution in [3.8, 4) is 0 Å². The minimum Gasteiger partial charge on any atom is -0.294 e. The molecule has 0 aromatic carbocycles. The molecule has 1 aromatic rings. The van der Waals surface area contributed by atoms with E-state index in [9.17, 15) is 13.2 Å². The molecule has 0 aliphatic carbocycles. The van der Waals surface area contributed by atoms with E-state index in [1.54, 1.807) is 0 Å². The molecule has 8 nitrogen and oxygen atoms in total. The summed E-state index contributed by atoms with van der Waals surface area (Å²) in [6.45, 7) is -0.334. The quantitative estimate of drug-likeness (QED) is 0.557. The molecule has 0 spiro atoms. The molecule has 0 unspecified atom stereocenters. The van der Waals surface area contributed by atoms with E-state index < -0.39 is 15.9 Å². The molecule has 1 amide bonds. The van der Waals surface area contributed by atoms with Gasteiger partial charge in [0.1, 0.15) is 6.33 Å². The van der Waals surface area contributed by atoms with Crippen molar-refractivity contribution in [3.63, 3.8) is 0 Å². The zero-order valence-electron chi connectivity index (χ0n) is 7.31. The molecule has 14 heavy (non-hydrogen) atoms. The molecule has 0 saturated heterocycles. The van der Waals surface area contributed by atoms with Gasteiger partial charge < -0.3 is 0 Å². The fourth-order valence-corrected chi connectivity index (χ4v) is 1.03. The van der Waals surface area contributed by atoms with Crippen molar-refractivity contribution in [2.24, 2.45) is 0 Å². The van der Waals surface area contributed by atoms with Gasteiger partial charge in [0.15, 0.2) is 0 Å². The van der Waals surface area contributed by atoms with Gasteiger partial charge in [-0.1, -0.05) is 0 Å². The topological polar surface area (TPSA) is 117 Å². The fourth-order valence-electron chi connectivity index (χ4n) is 0.639. The van der Waals surface area contributed by atoms with Crippen LogP contribution in [0.3, 0.4) is 0 Å². The first-order valence-corrected chi connectivity index (χ1v) is 5.46. The number of nitrogens with zero attached hydrogens (tertiary/aromatic N) is 2. The molecule has 0 saturated carbocycles. The number of H-pyrrole nitrogens is 1. The maximum atomic E-state index is 11.0. The number of carbonyl (C=O) groups excluding carboxylic acids is 1. The minimum atomic E-state index is -3.36. The van der Waals surface area contributed by atoms with Gasteiger partial charge in [0.05, 0.1) is 12.8 Å². The van der Waals surface area contributed by atoms with Crippen molar-refractivity contribution in [1.29, 1.82) is 0 Å². The van der Waals surface area contributed by atoms with Crippen molar-refractivity contribution in [1.82, 2.24) is 19.9 Å². The molecule has 3 N–H and O–H groups in total. The predicted octanol–water partition coefficient (Wildman–Crippen LogP) is -1.71. The highest BCUT2D eigenvalue weighted by Gasteiger charge is 2.07. The highest BCUT2D eigenvalue weighted by Crippen LogP contribution is 1.90. The summed E-state index contributed by atoms with van der Waals surface area (Å²) < 4.78 is 23.3. The van der Waals surface area contributed by atoms with Crippen LogP contribution in [0.25, 0.3) is 0 Å². The second-order valence-corrected chi connectivity index (χ2v) is 4.31. The molecule has 0 aliphatic heterocycles. The lowest BCUT2D eigenvalue weighted by molar-refractivity contribution is -0.115. The lowest BCUT2D eigenvalue weighted by Crippen LogP contribution is -2.32. The van der Waals surface area contributed by atoms with Crippen LogP contribution >= 0.6 is 0 Å². The van der Waals surface area contributed by atoms with Gasteiger partial charge in [-0.2, -0.15) is 10.1 Å². The Morgan fingerprint density at radius 2 is 2.36 bits per heavy atom. The maximum absolute atomic E-state index is 11.0. The molecule has 1 rings (SSSR count). The number of amides is 1. The van der Waals surface area contributed by atoms with E-state index in [-0.39, 0.29) is 12.5 Å². The van der Waals surface area contributed by atoms with E-state index in [2.05, 4.69) is 20.5 Å². The predicted molar refractivity (Wildman–Crippen MR) is 47.9 cm³/mol. The minimum absolute atomic E-state index is 0.172. The van der Waals surface area contributed by atoms with Crippen molar-refractivity contribution in [2.45, 2.75) is 0 Å². The zero-order valence-corrected chi connectivity index (χ0v) is 8.13. The van der Waals surface area contributed by atoms with Crippen LogP contribution in [0.1, 0.15) is 0 Å². The number of anilines is 1. The summed E-state index contributed by atoms with van der Waals surface area (Å²) in [7, 11) is -3.36. The Hall–Kier alpha value is -1.48. The Kier molecular flexibility index (Phi) is 3.14. The fraction of sp³-hybridized carbons (Fsp3) is 0.400. The van der Waals surface area contributed by atoms with Crippen LogP contribution in [0.5, 0.6) is 0 Å². The van der Waals surface area contributed by atoms with Crippen molar-refractivity contribution in [2.75, 3.05) is 18.1 Å². The SMILES string of the molecule is CS(=O)(=O)NCC(=O)Nc1ncn[nH]1. The lowest BCUT2D eigenvalue weighted by atomic mass is 10.6. The molecule has 1 aromatic heterocycles. The van der Waals surface area contributed by atoms with Crippen molar-refractivity contribution >= 4 is 21.9 Å². The Bertz CT molecular complexity index is 397. The van der Waals surface area contributed by atoms with Gasteiger partial charge in [-0.15, -0.1) is 0 Å². The molecule has 9 heteroatoms. The monoisotopic (exact) mass is 219 g/mol. The van der Waals surface area contributed by atoms with Gasteiger partial charge in [-0.05, 0) is 0 Å². The third-order valence-electron chi connectivity index (χ3n) is 1.17. The van der Waals surface area contributed by atoms with E-state index in [4.69, 9.17) is 0 Å². The lowest BCUT2D eigenvalue weighted by Gasteiger charge is -2.01.